The van der Waals surface area contributed by atoms with Gasteiger partial charge in [0.05, 0.1) is 7.11 Å². The van der Waals surface area contributed by atoms with Gasteiger partial charge in [-0.15, -0.1) is 0 Å². The molecule has 12 heavy (non-hydrogen) atoms. The number of carbonyl (C=O) groups excluding carboxylic acids is 1. The van der Waals surface area contributed by atoms with E-state index in [0.717, 1.165) is 5.69 Å². The van der Waals surface area contributed by atoms with E-state index in [1.54, 1.807) is 6.07 Å². The van der Waals surface area contributed by atoms with E-state index in [1.165, 1.54) is 13.4 Å². The lowest BCUT2D eigenvalue weighted by Gasteiger charge is -2.01. The summed E-state index contributed by atoms with van der Waals surface area (Å²) in [7, 11) is 1.30. The number of ether oxygens (including phenoxy) is 1. The lowest BCUT2D eigenvalue weighted by Crippen LogP contribution is -2.12. The molecular weight excluding hydrogens is 158 g/mol. The summed E-state index contributed by atoms with van der Waals surface area (Å²) < 4.78 is 4.38. The molecule has 0 aromatic carbocycles. The number of hydrogen-bond acceptors (Lipinski definition) is 4. The van der Waals surface area contributed by atoms with Gasteiger partial charge in [0.2, 0.25) is 0 Å². The number of hydrogen-bond donors (Lipinski definition) is 1. The van der Waals surface area contributed by atoms with E-state index in [0.29, 0.717) is 5.82 Å². The minimum atomic E-state index is -0.534. The Morgan fingerprint density at radius 1 is 1.58 bits per heavy atom. The zero-order valence-corrected chi connectivity index (χ0v) is 6.87. The van der Waals surface area contributed by atoms with Gasteiger partial charge in [-0.2, -0.15) is 0 Å². The Bertz CT molecular complexity index is 288. The molecule has 0 spiro atoms. The van der Waals surface area contributed by atoms with Gasteiger partial charge in [0.25, 0.3) is 0 Å². The van der Waals surface area contributed by atoms with Crippen molar-refractivity contribution >= 4 is 11.9 Å². The normalized spacial score (nSPS) is 9.17. The Labute approximate surface area is 69.8 Å². The van der Waals surface area contributed by atoms with Crippen LogP contribution in [-0.4, -0.2) is 23.2 Å². The second-order valence-corrected chi connectivity index (χ2v) is 2.16. The largest absolute Gasteiger partial charge is 0.453 e. The zero-order chi connectivity index (χ0) is 8.97. The molecule has 0 atom stereocenters. The Morgan fingerprint density at radius 2 is 2.33 bits per heavy atom. The third kappa shape index (κ3) is 2.19. The standard InChI is InChI=1S/C7H9N3O2/c1-5-3-6(9-4-8-5)10-7(11)12-2/h3-4H,1-2H3,(H,8,9,10,11). The minimum Gasteiger partial charge on any atom is -0.453 e. The molecule has 5 nitrogen and oxygen atoms in total. The highest BCUT2D eigenvalue weighted by Gasteiger charge is 2.00. The number of carbonyl (C=O) groups is 1. The van der Waals surface area contributed by atoms with Crippen molar-refractivity contribution in [2.24, 2.45) is 0 Å². The molecule has 0 aliphatic rings. The first-order valence-electron chi connectivity index (χ1n) is 3.36. The SMILES string of the molecule is COC(=O)Nc1cc(C)ncn1. The van der Waals surface area contributed by atoms with Gasteiger partial charge in [0, 0.05) is 11.8 Å². The molecule has 5 heteroatoms. The van der Waals surface area contributed by atoms with E-state index < -0.39 is 6.09 Å². The number of anilines is 1. The summed E-state index contributed by atoms with van der Waals surface area (Å²) in [6, 6.07) is 1.65. The van der Waals surface area contributed by atoms with Gasteiger partial charge in [-0.1, -0.05) is 0 Å². The lowest BCUT2D eigenvalue weighted by atomic mass is 10.4. The molecular formula is C7H9N3O2. The van der Waals surface area contributed by atoms with Gasteiger partial charge in [-0.3, -0.25) is 5.32 Å². The van der Waals surface area contributed by atoms with Crippen LogP contribution in [0.15, 0.2) is 12.4 Å². The van der Waals surface area contributed by atoms with Crippen molar-refractivity contribution in [3.05, 3.63) is 18.1 Å². The van der Waals surface area contributed by atoms with Gasteiger partial charge in [-0.25, -0.2) is 14.8 Å². The first-order chi connectivity index (χ1) is 5.72. The summed E-state index contributed by atoms with van der Waals surface area (Å²) in [5.74, 6) is 0.439. The second kappa shape index (κ2) is 3.66. The van der Waals surface area contributed by atoms with Crippen LogP contribution in [0.1, 0.15) is 5.69 Å². The van der Waals surface area contributed by atoms with Crippen molar-refractivity contribution in [1.29, 1.82) is 0 Å². The van der Waals surface area contributed by atoms with Crippen molar-refractivity contribution in [2.45, 2.75) is 6.92 Å². The van der Waals surface area contributed by atoms with Crippen LogP contribution >= 0.6 is 0 Å². The molecule has 1 aromatic rings. The fourth-order valence-electron chi connectivity index (χ4n) is 0.678. The Kier molecular flexibility index (Phi) is 2.57. The van der Waals surface area contributed by atoms with Crippen LogP contribution in [0, 0.1) is 6.92 Å². The molecule has 0 saturated carbocycles. The zero-order valence-electron chi connectivity index (χ0n) is 6.87. The van der Waals surface area contributed by atoms with Crippen molar-refractivity contribution in [3.8, 4) is 0 Å². The second-order valence-electron chi connectivity index (χ2n) is 2.16. The van der Waals surface area contributed by atoms with Gasteiger partial charge in [0.15, 0.2) is 0 Å². The summed E-state index contributed by atoms with van der Waals surface area (Å²) in [5.41, 5.74) is 0.788. The van der Waals surface area contributed by atoms with Crippen LogP contribution in [0.3, 0.4) is 0 Å². The van der Waals surface area contributed by atoms with Crippen molar-refractivity contribution in [1.82, 2.24) is 9.97 Å². The predicted octanol–water partition coefficient (Wildman–Crippen LogP) is 0.963. The Balaban J connectivity index is 2.69. The van der Waals surface area contributed by atoms with E-state index in [1.807, 2.05) is 6.92 Å². The average molecular weight is 167 g/mol. The lowest BCUT2D eigenvalue weighted by molar-refractivity contribution is 0.187. The minimum absolute atomic E-state index is 0.439. The molecule has 0 aliphatic carbocycles. The monoisotopic (exact) mass is 167 g/mol. The van der Waals surface area contributed by atoms with Crippen molar-refractivity contribution in [2.75, 3.05) is 12.4 Å². The number of rotatable bonds is 1. The molecule has 1 N–H and O–H groups in total. The fourth-order valence-corrected chi connectivity index (χ4v) is 0.678. The summed E-state index contributed by atoms with van der Waals surface area (Å²) in [4.78, 5) is 18.4. The Hall–Kier alpha value is -1.65. The number of methoxy groups -OCH3 is 1. The van der Waals surface area contributed by atoms with Gasteiger partial charge in [0.1, 0.15) is 12.1 Å². The topological polar surface area (TPSA) is 64.1 Å². The average Bonchev–Trinajstić information content (AvgIpc) is 2.04. The molecule has 0 bridgehead atoms. The van der Waals surface area contributed by atoms with E-state index in [-0.39, 0.29) is 0 Å². The molecule has 0 saturated heterocycles. The molecule has 0 radical (unpaired) electrons. The summed E-state index contributed by atoms with van der Waals surface area (Å²) in [5, 5.41) is 2.42. The molecule has 0 fully saturated rings. The Morgan fingerprint density at radius 3 is 2.92 bits per heavy atom. The summed E-state index contributed by atoms with van der Waals surface area (Å²) >= 11 is 0. The van der Waals surface area contributed by atoms with E-state index in [2.05, 4.69) is 20.0 Å². The smallest absolute Gasteiger partial charge is 0.412 e. The number of amides is 1. The third-order valence-corrected chi connectivity index (χ3v) is 1.22. The highest BCUT2D eigenvalue weighted by Crippen LogP contribution is 2.02. The maximum Gasteiger partial charge on any atom is 0.412 e. The quantitative estimate of drug-likeness (QED) is 0.676. The number of aromatic nitrogens is 2. The van der Waals surface area contributed by atoms with Crippen molar-refractivity contribution < 1.29 is 9.53 Å². The van der Waals surface area contributed by atoms with Crippen LogP contribution in [-0.2, 0) is 4.74 Å². The van der Waals surface area contributed by atoms with Gasteiger partial charge in [-0.05, 0) is 6.92 Å². The van der Waals surface area contributed by atoms with Crippen LogP contribution in [0.2, 0.25) is 0 Å². The van der Waals surface area contributed by atoms with Crippen LogP contribution in [0.5, 0.6) is 0 Å². The van der Waals surface area contributed by atoms with Gasteiger partial charge < -0.3 is 4.74 Å². The van der Waals surface area contributed by atoms with Gasteiger partial charge >= 0.3 is 6.09 Å². The first-order valence-corrected chi connectivity index (χ1v) is 3.36. The van der Waals surface area contributed by atoms with Crippen molar-refractivity contribution in [3.63, 3.8) is 0 Å². The predicted molar refractivity (Wildman–Crippen MR) is 42.8 cm³/mol. The van der Waals surface area contributed by atoms with Crippen LogP contribution in [0.25, 0.3) is 0 Å². The highest BCUT2D eigenvalue weighted by molar-refractivity contribution is 5.83. The third-order valence-electron chi connectivity index (χ3n) is 1.22. The summed E-state index contributed by atoms with van der Waals surface area (Å²) in [6.45, 7) is 1.81. The molecule has 1 aromatic heterocycles. The first kappa shape index (κ1) is 8.45. The van der Waals surface area contributed by atoms with Crippen LogP contribution < -0.4 is 5.32 Å². The summed E-state index contributed by atoms with van der Waals surface area (Å²) in [6.07, 6.45) is 0.841. The molecule has 1 rings (SSSR count). The van der Waals surface area contributed by atoms with E-state index in [4.69, 9.17) is 0 Å². The maximum atomic E-state index is 10.7. The van der Waals surface area contributed by atoms with E-state index >= 15 is 0 Å². The molecule has 0 aliphatic heterocycles. The highest BCUT2D eigenvalue weighted by atomic mass is 16.5. The molecule has 1 heterocycles. The molecule has 1 amide bonds. The number of nitrogens with one attached hydrogen (secondary N) is 1. The maximum absolute atomic E-state index is 10.7. The molecule has 64 valence electrons. The fraction of sp³-hybridized carbons (Fsp3) is 0.286. The van der Waals surface area contributed by atoms with Crippen LogP contribution in [0.4, 0.5) is 10.6 Å². The van der Waals surface area contributed by atoms with E-state index in [9.17, 15) is 4.79 Å². The number of aryl methyl sites for hydroxylation is 1. The number of nitrogens with zero attached hydrogens (tertiary/aromatic N) is 2. The molecule has 0 unspecified atom stereocenters.